The van der Waals surface area contributed by atoms with E-state index in [1.54, 1.807) is 4.90 Å². The van der Waals surface area contributed by atoms with E-state index in [4.69, 9.17) is 26.8 Å². The van der Waals surface area contributed by atoms with Gasteiger partial charge in [-0.1, -0.05) is 263 Å². The number of alkyl halides is 2. The summed E-state index contributed by atoms with van der Waals surface area (Å²) in [5.74, 6) is -1.21. The molecule has 8 aromatic carbocycles. The second-order valence-electron chi connectivity index (χ2n) is 30.4. The van der Waals surface area contributed by atoms with Crippen LogP contribution in [0.25, 0.3) is 0 Å². The number of quaternary nitrogens is 2. The molecule has 25 heteroatoms. The molecule has 125 heavy (non-hydrogen) atoms. The Morgan fingerprint density at radius 2 is 0.576 bits per heavy atom. The number of likely N-dealkylation sites (N-methyl/N-ethyl adjacent to an activating group) is 2. The summed E-state index contributed by atoms with van der Waals surface area (Å²) in [6, 6.07) is 79.3. The van der Waals surface area contributed by atoms with Crippen LogP contribution >= 0.6 is 0 Å². The first-order valence-corrected chi connectivity index (χ1v) is 44.5. The van der Waals surface area contributed by atoms with Crippen LogP contribution in [0.15, 0.2) is 243 Å². The van der Waals surface area contributed by atoms with E-state index in [2.05, 4.69) is 164 Å². The summed E-state index contributed by atoms with van der Waals surface area (Å²) in [7, 11) is 5.24. The van der Waals surface area contributed by atoms with Gasteiger partial charge in [-0.05, 0) is 131 Å². The van der Waals surface area contributed by atoms with E-state index in [0.29, 0.717) is 45.8 Å². The van der Waals surface area contributed by atoms with E-state index in [1.165, 1.54) is 84.5 Å². The van der Waals surface area contributed by atoms with Crippen LogP contribution in [0.3, 0.4) is 0 Å². The second kappa shape index (κ2) is 63.7. The molecule has 22 nitrogen and oxygen atoms in total. The lowest BCUT2D eigenvalue weighted by atomic mass is 10.1. The van der Waals surface area contributed by atoms with Gasteiger partial charge >= 0.3 is 46.4 Å². The first kappa shape index (κ1) is 109. The Kier molecular flexibility index (Phi) is 55.5. The number of carbonyl (C=O) groups excluding carboxylic acids is 6. The molecule has 0 bridgehead atoms. The molecule has 2 unspecified atom stereocenters. The van der Waals surface area contributed by atoms with Gasteiger partial charge < -0.3 is 42.3 Å². The predicted octanol–water partition coefficient (Wildman–Crippen LogP) is 16.1. The summed E-state index contributed by atoms with van der Waals surface area (Å²) in [6.07, 6.45) is 2.50. The summed E-state index contributed by atoms with van der Waals surface area (Å²) in [5.41, 5.74) is 9.13. The minimum Gasteiger partial charge on any atom is -0.469 e. The first-order chi connectivity index (χ1) is 60.3. The number of halogens is 2. The van der Waals surface area contributed by atoms with Crippen molar-refractivity contribution in [3.8, 4) is 0 Å². The number of rotatable bonds is 41. The number of hydrogen-bond acceptors (Lipinski definition) is 20. The molecule has 2 aliphatic rings. The van der Waals surface area contributed by atoms with Crippen LogP contribution in [0.4, 0.5) is 8.78 Å². The lowest BCUT2D eigenvalue weighted by Gasteiger charge is -2.43. The van der Waals surface area contributed by atoms with Crippen molar-refractivity contribution in [2.75, 3.05) is 128 Å². The number of carbonyl (C=O) groups is 6. The van der Waals surface area contributed by atoms with Gasteiger partial charge in [0.1, 0.15) is 19.3 Å². The Morgan fingerprint density at radius 3 is 0.776 bits per heavy atom. The number of hydrogen-bond donors (Lipinski definition) is 0. The number of ether oxygens (including phenoxy) is 6. The van der Waals surface area contributed by atoms with Crippen LogP contribution < -0.4 is 0 Å². The second-order valence-corrected chi connectivity index (χ2v) is 30.8. The minimum atomic E-state index is -3.11. The molecule has 8 aromatic rings. The lowest BCUT2D eigenvalue weighted by molar-refractivity contribution is -0.938. The summed E-state index contributed by atoms with van der Waals surface area (Å²) < 4.78 is 82.9. The Bertz CT molecular complexity index is 4080. The Balaban J connectivity index is 0.000000393. The van der Waals surface area contributed by atoms with Crippen LogP contribution in [-0.4, -0.2) is 234 Å². The van der Waals surface area contributed by atoms with Crippen molar-refractivity contribution in [3.63, 3.8) is 0 Å². The maximum absolute atomic E-state index is 13.9. The topological polar surface area (TPSA) is 225 Å². The summed E-state index contributed by atoms with van der Waals surface area (Å²) >= 11 is 0. The molecule has 0 aromatic heterocycles. The standard InChI is InChI=1S/2C24H35N2O2.2C18H20FNO2.C6H15N.2C5H8O2.O3S/c1-5-26(6-2,7-3)20-23(24(27)28-4)25(18-21-14-10-8-11-15-21)19-22-16-12-9-13-17-22;1-5-26(6-2,7-3)23(24(27)28-4)20-25(18-21-14-10-8-11-15-21)19-22-16-12-9-13-17-22;1-22-18(21)17(12-19)20(13-15-8-4-2-5-9-15)14-16-10-6-3-7-11-16;1-22-18(21)17(19)14-20(12-15-8-4-2-5-9-15)13-16-10-6-3-7-11-16;1-4-7(5-2)6-3;2*1-7-5(6)4-2-3-4;1-4(2)3/h2*8-17,23H,5-7,18-20H2,1-4H3;2*2-11,17H,12-14H2,1H3;4-6H2,1-3H3;2*4H,2-3H2,1H3;/q2*+1;;;;;;/t;23-;;17-;;;;/m.1.1..../s1. The Morgan fingerprint density at radius 1 is 0.336 bits per heavy atom. The molecule has 2 fully saturated rings. The number of esters is 6. The molecule has 0 amide bonds. The van der Waals surface area contributed by atoms with Crippen molar-refractivity contribution in [2.24, 2.45) is 11.8 Å². The zero-order chi connectivity index (χ0) is 92.2. The Labute approximate surface area is 745 Å². The third-order valence-electron chi connectivity index (χ3n) is 22.4. The Hall–Kier alpha value is -10.2. The molecule has 0 heterocycles. The number of nitrogens with zero attached hydrogens (tertiary/aromatic N) is 7. The average molecular weight is 1750 g/mol. The van der Waals surface area contributed by atoms with Crippen molar-refractivity contribution >= 4 is 46.4 Å². The predicted molar refractivity (Wildman–Crippen MR) is 490 cm³/mol. The van der Waals surface area contributed by atoms with Gasteiger partial charge in [-0.15, -0.1) is 12.6 Å². The molecule has 684 valence electrons. The van der Waals surface area contributed by atoms with Gasteiger partial charge in [-0.2, -0.15) is 0 Å². The van der Waals surface area contributed by atoms with Crippen LogP contribution in [0.1, 0.15) is 133 Å². The molecular weight excluding hydrogens is 1610 g/mol. The molecule has 10 rings (SSSR count). The summed E-state index contributed by atoms with van der Waals surface area (Å²) in [6.45, 7) is 34.8. The van der Waals surface area contributed by atoms with Gasteiger partial charge in [0.25, 0.3) is 0 Å². The maximum Gasteiger partial charge on any atom is 0.425 e. The van der Waals surface area contributed by atoms with Gasteiger partial charge in [-0.3, -0.25) is 38.8 Å². The fraction of sp³-hybridized carbons (Fsp3) is 0.460. The third-order valence-corrected chi connectivity index (χ3v) is 22.4. The minimum absolute atomic E-state index is 0.0104. The number of benzene rings is 8. The third kappa shape index (κ3) is 43.5. The average Bonchev–Trinajstić information content (AvgIpc) is 1.82. The molecule has 0 spiro atoms. The van der Waals surface area contributed by atoms with Crippen molar-refractivity contribution in [2.45, 2.75) is 165 Å². The first-order valence-electron chi connectivity index (χ1n) is 43.5. The largest absolute Gasteiger partial charge is 0.469 e. The van der Waals surface area contributed by atoms with E-state index >= 15 is 0 Å². The van der Waals surface area contributed by atoms with Crippen molar-refractivity contribution in [1.29, 1.82) is 0 Å². The fourth-order valence-corrected chi connectivity index (χ4v) is 14.2. The summed E-state index contributed by atoms with van der Waals surface area (Å²) in [5, 5.41) is 0. The van der Waals surface area contributed by atoms with E-state index in [0.717, 1.165) is 116 Å². The van der Waals surface area contributed by atoms with Crippen LogP contribution in [-0.2, 0) is 120 Å². The molecule has 4 atom stereocenters. The monoisotopic (exact) mass is 1750 g/mol. The van der Waals surface area contributed by atoms with Gasteiger partial charge in [0.15, 0.2) is 12.1 Å². The highest BCUT2D eigenvalue weighted by Gasteiger charge is 2.41. The van der Waals surface area contributed by atoms with Crippen LogP contribution in [0.2, 0.25) is 0 Å². The lowest BCUT2D eigenvalue weighted by Crippen LogP contribution is -2.62. The molecule has 0 saturated heterocycles. The molecule has 2 aliphatic carbocycles. The SMILES string of the molecule is CCN(CC)CC.CC[N+](CC)(CC)CC(C(=O)OC)N(Cc1ccccc1)Cc1ccccc1.CC[N+](CC)(CC)[C@H](CN(Cc1ccccc1)Cc1ccccc1)C(=O)OC.COC(=O)C(CF)N(Cc1ccccc1)Cc1ccccc1.COC(=O)C1CC1.COC(=O)C1CC1.COC(=O)[C@H](F)CN(Cc1ccccc1)Cc1ccccc1.O=S(=O)=O. The maximum atomic E-state index is 13.9. The highest BCUT2D eigenvalue weighted by atomic mass is 32.2. The summed E-state index contributed by atoms with van der Waals surface area (Å²) in [4.78, 5) is 80.3. The van der Waals surface area contributed by atoms with Crippen LogP contribution in [0, 0.1) is 11.8 Å². The molecule has 0 N–H and O–H groups in total. The van der Waals surface area contributed by atoms with Gasteiger partial charge in [0.05, 0.1) is 100 Å². The molecule has 0 radical (unpaired) electrons. The number of methoxy groups -OCH3 is 6. The van der Waals surface area contributed by atoms with E-state index in [9.17, 15) is 37.5 Å². The quantitative estimate of drug-likeness (QED) is 0.0197. The van der Waals surface area contributed by atoms with Crippen molar-refractivity contribution in [3.05, 3.63) is 287 Å². The molecule has 0 aliphatic heterocycles. The van der Waals surface area contributed by atoms with Gasteiger partial charge in [0, 0.05) is 58.9 Å². The van der Waals surface area contributed by atoms with E-state index in [-0.39, 0.29) is 54.3 Å². The normalized spacial score (nSPS) is 12.9. The van der Waals surface area contributed by atoms with E-state index < -0.39 is 41.4 Å². The molecule has 2 saturated carbocycles. The zero-order valence-electron chi connectivity index (χ0n) is 76.7. The van der Waals surface area contributed by atoms with Crippen molar-refractivity contribution in [1.82, 2.24) is 24.5 Å². The van der Waals surface area contributed by atoms with E-state index in [1.807, 2.05) is 175 Å². The van der Waals surface area contributed by atoms with Crippen LogP contribution in [0.5, 0.6) is 0 Å². The van der Waals surface area contributed by atoms with Crippen molar-refractivity contribution < 1.29 is 87.6 Å². The molecular formula is C100H141F2N7O15S+2. The van der Waals surface area contributed by atoms with Gasteiger partial charge in [-0.25, -0.2) is 18.4 Å². The van der Waals surface area contributed by atoms with Gasteiger partial charge in [0.2, 0.25) is 6.17 Å². The highest BCUT2D eigenvalue weighted by molar-refractivity contribution is 7.59. The highest BCUT2D eigenvalue weighted by Crippen LogP contribution is 2.31. The smallest absolute Gasteiger partial charge is 0.425 e. The fourth-order valence-electron chi connectivity index (χ4n) is 14.2. The zero-order valence-corrected chi connectivity index (χ0v) is 77.5.